The molecule has 0 amide bonds. The Bertz CT molecular complexity index is 880. The molecule has 3 saturated carbocycles. The average Bonchev–Trinajstić information content (AvgIpc) is 2.58. The Balaban J connectivity index is 1.25. The predicted octanol–water partition coefficient (Wildman–Crippen LogP) is 4.19. The van der Waals surface area contributed by atoms with Gasteiger partial charge in [-0.3, -0.25) is 14.6 Å². The van der Waals surface area contributed by atoms with Crippen molar-refractivity contribution in [3.63, 3.8) is 0 Å². The van der Waals surface area contributed by atoms with Crippen LogP contribution in [0.5, 0.6) is 5.75 Å². The SMILES string of the molecule is O=C(COc1ccc(Cl)c(F)c1)CC12CC(C(=O)Cc3cccnc3)(C1)C2. The van der Waals surface area contributed by atoms with Crippen molar-refractivity contribution >= 4 is 23.2 Å². The molecule has 5 rings (SSSR count). The highest BCUT2D eigenvalue weighted by atomic mass is 35.5. The highest BCUT2D eigenvalue weighted by molar-refractivity contribution is 6.30. The minimum Gasteiger partial charge on any atom is -0.486 e. The van der Waals surface area contributed by atoms with E-state index < -0.39 is 5.82 Å². The number of aromatic nitrogens is 1. The van der Waals surface area contributed by atoms with Gasteiger partial charge < -0.3 is 4.74 Å². The third-order valence-electron chi connectivity index (χ3n) is 5.68. The monoisotopic (exact) mass is 387 g/mol. The largest absolute Gasteiger partial charge is 0.486 e. The predicted molar refractivity (Wildman–Crippen MR) is 98.2 cm³/mol. The van der Waals surface area contributed by atoms with Gasteiger partial charge in [-0.15, -0.1) is 0 Å². The van der Waals surface area contributed by atoms with Crippen LogP contribution in [0.15, 0.2) is 42.7 Å². The van der Waals surface area contributed by atoms with Crippen molar-refractivity contribution in [1.82, 2.24) is 4.98 Å². The van der Waals surface area contributed by atoms with Crippen LogP contribution in [0.3, 0.4) is 0 Å². The summed E-state index contributed by atoms with van der Waals surface area (Å²) in [5.74, 6) is -0.0721. The van der Waals surface area contributed by atoms with Crippen LogP contribution in [0.25, 0.3) is 0 Å². The van der Waals surface area contributed by atoms with Gasteiger partial charge in [0.15, 0.2) is 5.78 Å². The molecule has 3 aliphatic carbocycles. The third kappa shape index (κ3) is 3.48. The number of hydrogen-bond acceptors (Lipinski definition) is 4. The van der Waals surface area contributed by atoms with Gasteiger partial charge in [0.05, 0.1) is 5.02 Å². The minimum atomic E-state index is -0.574. The summed E-state index contributed by atoms with van der Waals surface area (Å²) in [5.41, 5.74) is 0.646. The molecule has 0 saturated heterocycles. The summed E-state index contributed by atoms with van der Waals surface area (Å²) in [6, 6.07) is 7.84. The van der Waals surface area contributed by atoms with E-state index in [0.717, 1.165) is 24.8 Å². The second-order valence-electron chi connectivity index (χ2n) is 7.85. The summed E-state index contributed by atoms with van der Waals surface area (Å²) in [7, 11) is 0. The van der Waals surface area contributed by atoms with Crippen LogP contribution < -0.4 is 4.74 Å². The van der Waals surface area contributed by atoms with Gasteiger partial charge in [-0.05, 0) is 48.4 Å². The third-order valence-corrected chi connectivity index (χ3v) is 5.99. The number of halogens is 2. The molecule has 140 valence electrons. The van der Waals surface area contributed by atoms with E-state index in [4.69, 9.17) is 16.3 Å². The molecule has 1 aromatic carbocycles. The Morgan fingerprint density at radius 3 is 2.67 bits per heavy atom. The zero-order chi connectivity index (χ0) is 19.1. The molecule has 27 heavy (non-hydrogen) atoms. The fourth-order valence-corrected chi connectivity index (χ4v) is 4.67. The van der Waals surface area contributed by atoms with E-state index in [1.165, 1.54) is 18.2 Å². The van der Waals surface area contributed by atoms with Gasteiger partial charge in [-0.2, -0.15) is 0 Å². The van der Waals surface area contributed by atoms with Gasteiger partial charge in [-0.25, -0.2) is 4.39 Å². The molecule has 1 aromatic heterocycles. The fourth-order valence-electron chi connectivity index (χ4n) is 4.56. The molecule has 0 unspecified atom stereocenters. The van der Waals surface area contributed by atoms with Gasteiger partial charge in [0.1, 0.15) is 24.0 Å². The number of hydrogen-bond donors (Lipinski definition) is 0. The first-order valence-electron chi connectivity index (χ1n) is 8.92. The summed E-state index contributed by atoms with van der Waals surface area (Å²) in [4.78, 5) is 28.8. The summed E-state index contributed by atoms with van der Waals surface area (Å²) in [6.45, 7) is -0.0978. The van der Waals surface area contributed by atoms with Crippen LogP contribution >= 0.6 is 11.6 Å². The van der Waals surface area contributed by atoms with E-state index in [-0.39, 0.29) is 39.8 Å². The number of nitrogens with zero attached hydrogens (tertiary/aromatic N) is 1. The maximum absolute atomic E-state index is 13.4. The second-order valence-corrected chi connectivity index (χ2v) is 8.26. The standard InChI is InChI=1S/C21H19ClFNO3/c22-17-4-3-16(7-18(17)23)27-10-15(25)8-20-11-21(12-20,13-20)19(26)6-14-2-1-5-24-9-14/h1-5,7,9H,6,8,10-13H2. The highest BCUT2D eigenvalue weighted by Gasteiger charge is 2.70. The zero-order valence-corrected chi connectivity index (χ0v) is 15.5. The number of carbonyl (C=O) groups is 2. The van der Waals surface area contributed by atoms with Crippen molar-refractivity contribution in [2.45, 2.75) is 32.1 Å². The smallest absolute Gasteiger partial charge is 0.170 e. The molecular formula is C21H19ClFNO3. The number of benzene rings is 1. The van der Waals surface area contributed by atoms with Crippen molar-refractivity contribution in [2.24, 2.45) is 10.8 Å². The summed E-state index contributed by atoms with van der Waals surface area (Å²) in [6.07, 6.45) is 6.56. The first kappa shape index (κ1) is 18.1. The van der Waals surface area contributed by atoms with Gasteiger partial charge in [0.2, 0.25) is 0 Å². The molecule has 0 spiro atoms. The van der Waals surface area contributed by atoms with E-state index in [1.54, 1.807) is 12.4 Å². The van der Waals surface area contributed by atoms with E-state index in [0.29, 0.717) is 12.8 Å². The number of ketones is 2. The summed E-state index contributed by atoms with van der Waals surface area (Å²) < 4.78 is 18.8. The second kappa shape index (κ2) is 6.71. The van der Waals surface area contributed by atoms with Crippen molar-refractivity contribution in [3.05, 3.63) is 59.1 Å². The first-order chi connectivity index (χ1) is 12.9. The van der Waals surface area contributed by atoms with Crippen molar-refractivity contribution in [3.8, 4) is 5.75 Å². The summed E-state index contributed by atoms with van der Waals surface area (Å²) in [5, 5.41) is 0.0174. The number of carbonyl (C=O) groups excluding carboxylic acids is 2. The van der Waals surface area contributed by atoms with Gasteiger partial charge in [-0.1, -0.05) is 17.7 Å². The maximum atomic E-state index is 13.4. The molecule has 2 bridgehead atoms. The highest BCUT2D eigenvalue weighted by Crippen LogP contribution is 2.75. The van der Waals surface area contributed by atoms with Crippen LogP contribution in [0.1, 0.15) is 31.2 Å². The van der Waals surface area contributed by atoms with Crippen LogP contribution in [0.4, 0.5) is 4.39 Å². The van der Waals surface area contributed by atoms with Crippen molar-refractivity contribution in [2.75, 3.05) is 6.61 Å². The van der Waals surface area contributed by atoms with E-state index in [1.807, 2.05) is 12.1 Å². The van der Waals surface area contributed by atoms with Crippen LogP contribution in [0.2, 0.25) is 5.02 Å². The zero-order valence-electron chi connectivity index (χ0n) is 14.7. The molecule has 4 nitrogen and oxygen atoms in total. The van der Waals surface area contributed by atoms with Crippen LogP contribution in [0, 0.1) is 16.6 Å². The molecule has 1 heterocycles. The molecular weight excluding hydrogens is 369 g/mol. The molecule has 0 aliphatic heterocycles. The number of ether oxygens (including phenoxy) is 1. The summed E-state index contributed by atoms with van der Waals surface area (Å²) >= 11 is 5.62. The van der Waals surface area contributed by atoms with Gasteiger partial charge in [0.25, 0.3) is 0 Å². The average molecular weight is 388 g/mol. The number of pyridine rings is 1. The lowest BCUT2D eigenvalue weighted by atomic mass is 9.33. The Kier molecular flexibility index (Phi) is 4.50. The van der Waals surface area contributed by atoms with Gasteiger partial charge in [0, 0.05) is 36.7 Å². The Labute approximate surface area is 161 Å². The number of Topliss-reactive ketones (excluding diaryl/α,β-unsaturated/α-hetero) is 2. The van der Waals surface area contributed by atoms with Crippen molar-refractivity contribution < 1.29 is 18.7 Å². The molecule has 0 N–H and O–H groups in total. The topological polar surface area (TPSA) is 56.3 Å². The fraction of sp³-hybridized carbons (Fsp3) is 0.381. The quantitative estimate of drug-likeness (QED) is 0.681. The molecule has 3 fully saturated rings. The van der Waals surface area contributed by atoms with E-state index >= 15 is 0 Å². The lowest BCUT2D eigenvalue weighted by molar-refractivity contribution is -0.207. The lowest BCUT2D eigenvalue weighted by Crippen LogP contribution is -2.66. The molecule has 3 aliphatic rings. The Morgan fingerprint density at radius 1 is 1.22 bits per heavy atom. The van der Waals surface area contributed by atoms with E-state index in [9.17, 15) is 14.0 Å². The van der Waals surface area contributed by atoms with Crippen LogP contribution in [-0.2, 0) is 16.0 Å². The molecule has 2 aromatic rings. The minimum absolute atomic E-state index is 0.0174. The maximum Gasteiger partial charge on any atom is 0.170 e. The number of rotatable bonds is 8. The Morgan fingerprint density at radius 2 is 2.00 bits per heavy atom. The van der Waals surface area contributed by atoms with Crippen molar-refractivity contribution in [1.29, 1.82) is 0 Å². The van der Waals surface area contributed by atoms with E-state index in [2.05, 4.69) is 4.98 Å². The lowest BCUT2D eigenvalue weighted by Gasteiger charge is -2.70. The first-order valence-corrected chi connectivity index (χ1v) is 9.29. The molecule has 6 heteroatoms. The molecule has 0 radical (unpaired) electrons. The molecule has 0 atom stereocenters. The Hall–Kier alpha value is -2.27. The normalized spacial score (nSPS) is 25.3. The van der Waals surface area contributed by atoms with Crippen LogP contribution in [-0.4, -0.2) is 23.2 Å². The van der Waals surface area contributed by atoms with Gasteiger partial charge >= 0.3 is 0 Å².